The molecule has 2 aliphatic heterocycles. The van der Waals surface area contributed by atoms with Crippen LogP contribution in [0.4, 0.5) is 11.4 Å². The van der Waals surface area contributed by atoms with E-state index < -0.39 is 0 Å². The van der Waals surface area contributed by atoms with Gasteiger partial charge < -0.3 is 15.1 Å². The summed E-state index contributed by atoms with van der Waals surface area (Å²) in [5.74, 6) is -0.188. The van der Waals surface area contributed by atoms with Crippen LogP contribution in [0.1, 0.15) is 41.6 Å². The normalized spacial score (nSPS) is 16.7. The number of nitrogens with one attached hydrogen (secondary N) is 1. The van der Waals surface area contributed by atoms with Crippen molar-refractivity contribution >= 4 is 29.3 Å². The highest BCUT2D eigenvalue weighted by molar-refractivity contribution is 5.95. The maximum Gasteiger partial charge on any atom is 0.226 e. The lowest BCUT2D eigenvalue weighted by Crippen LogP contribution is -2.34. The van der Waals surface area contributed by atoms with Crippen molar-refractivity contribution in [1.29, 1.82) is 0 Å². The number of rotatable bonds is 4. The molecule has 166 valence electrons. The number of anilines is 2. The Hall–Kier alpha value is -3.86. The zero-order valence-electron chi connectivity index (χ0n) is 18.7. The molecule has 2 amide bonds. The lowest BCUT2D eigenvalue weighted by Gasteiger charge is -2.33. The van der Waals surface area contributed by atoms with Gasteiger partial charge in [0.25, 0.3) is 0 Å². The number of nitrogens with zero attached hydrogens (tertiary/aromatic N) is 2. The van der Waals surface area contributed by atoms with Crippen LogP contribution in [-0.4, -0.2) is 23.3 Å². The van der Waals surface area contributed by atoms with Gasteiger partial charge in [-0.15, -0.1) is 0 Å². The molecule has 5 rings (SSSR count). The third-order valence-corrected chi connectivity index (χ3v) is 6.50. The van der Waals surface area contributed by atoms with Crippen molar-refractivity contribution in [2.45, 2.75) is 32.4 Å². The van der Waals surface area contributed by atoms with Gasteiger partial charge in [-0.05, 0) is 46.9 Å². The molecule has 3 aromatic carbocycles. The lowest BCUT2D eigenvalue weighted by atomic mass is 9.93. The Kier molecular flexibility index (Phi) is 5.69. The molecule has 0 bridgehead atoms. The van der Waals surface area contributed by atoms with Gasteiger partial charge in [0.05, 0.1) is 23.8 Å². The molecule has 5 nitrogen and oxygen atoms in total. The van der Waals surface area contributed by atoms with E-state index in [4.69, 9.17) is 0 Å². The fraction of sp³-hybridized carbons (Fsp3) is 0.214. The second kappa shape index (κ2) is 8.94. The Bertz CT molecular complexity index is 1230. The second-order valence-corrected chi connectivity index (χ2v) is 8.60. The minimum atomic E-state index is -0.322. The van der Waals surface area contributed by atoms with Gasteiger partial charge in [0.2, 0.25) is 11.8 Å². The summed E-state index contributed by atoms with van der Waals surface area (Å²) in [6.07, 6.45) is 4.88. The predicted octanol–water partition coefficient (Wildman–Crippen LogP) is 5.15. The summed E-state index contributed by atoms with van der Waals surface area (Å²) in [6, 6.07) is 24.1. The molecule has 0 saturated heterocycles. The standard InChI is InChI=1S/C28H27N3O2/c1-20(32)31-17-15-22-9-4-5-11-24(22)27(31)18-28(33)29-25-12-6-7-13-26(25)30-16-14-21-8-2-3-10-23(21)19-30/h2-13,15,17,27H,14,16,18-19H2,1H3,(H,29,33)/t27-/m1/s1. The minimum absolute atomic E-state index is 0.0778. The molecule has 2 aliphatic rings. The van der Waals surface area contributed by atoms with E-state index >= 15 is 0 Å². The van der Waals surface area contributed by atoms with Crippen molar-refractivity contribution in [2.75, 3.05) is 16.8 Å². The van der Waals surface area contributed by atoms with Gasteiger partial charge in [0.15, 0.2) is 0 Å². The highest BCUT2D eigenvalue weighted by Crippen LogP contribution is 2.34. The molecule has 0 unspecified atom stereocenters. The van der Waals surface area contributed by atoms with Crippen molar-refractivity contribution < 1.29 is 9.59 Å². The fourth-order valence-electron chi connectivity index (χ4n) is 4.85. The molecule has 0 aliphatic carbocycles. The number of carbonyl (C=O) groups excluding carboxylic acids is 2. The summed E-state index contributed by atoms with van der Waals surface area (Å²) in [7, 11) is 0. The summed E-state index contributed by atoms with van der Waals surface area (Å²) in [5, 5.41) is 3.13. The van der Waals surface area contributed by atoms with Crippen molar-refractivity contribution in [1.82, 2.24) is 4.90 Å². The van der Waals surface area contributed by atoms with Gasteiger partial charge in [0.1, 0.15) is 0 Å². The highest BCUT2D eigenvalue weighted by Gasteiger charge is 2.28. The van der Waals surface area contributed by atoms with E-state index in [-0.39, 0.29) is 24.3 Å². The predicted molar refractivity (Wildman–Crippen MR) is 132 cm³/mol. The third-order valence-electron chi connectivity index (χ3n) is 6.50. The van der Waals surface area contributed by atoms with Crippen molar-refractivity contribution in [3.8, 4) is 0 Å². The second-order valence-electron chi connectivity index (χ2n) is 8.60. The summed E-state index contributed by atoms with van der Waals surface area (Å²) in [4.78, 5) is 29.4. The Morgan fingerprint density at radius 2 is 1.67 bits per heavy atom. The number of carbonyl (C=O) groups is 2. The molecule has 3 aromatic rings. The van der Waals surface area contributed by atoms with Crippen LogP contribution in [0.15, 0.2) is 79.0 Å². The molecule has 5 heteroatoms. The first-order valence-corrected chi connectivity index (χ1v) is 11.4. The minimum Gasteiger partial charge on any atom is -0.365 e. The number of hydrogen-bond donors (Lipinski definition) is 1. The number of hydrogen-bond acceptors (Lipinski definition) is 3. The first kappa shape index (κ1) is 21.0. The average molecular weight is 438 g/mol. The van der Waals surface area contributed by atoms with E-state index in [2.05, 4.69) is 40.5 Å². The van der Waals surface area contributed by atoms with E-state index in [0.29, 0.717) is 0 Å². The van der Waals surface area contributed by atoms with Crippen LogP contribution in [0.25, 0.3) is 6.08 Å². The van der Waals surface area contributed by atoms with Crippen LogP contribution in [0, 0.1) is 0 Å². The van der Waals surface area contributed by atoms with Crippen LogP contribution >= 0.6 is 0 Å². The third kappa shape index (κ3) is 4.27. The van der Waals surface area contributed by atoms with Gasteiger partial charge in [-0.2, -0.15) is 0 Å². The van der Waals surface area contributed by atoms with Gasteiger partial charge in [0, 0.05) is 26.2 Å². The van der Waals surface area contributed by atoms with Crippen LogP contribution < -0.4 is 10.2 Å². The molecule has 0 radical (unpaired) electrons. The van der Waals surface area contributed by atoms with E-state index in [1.165, 1.54) is 18.1 Å². The topological polar surface area (TPSA) is 52.7 Å². The molecule has 0 spiro atoms. The molecule has 0 aromatic heterocycles. The first-order chi connectivity index (χ1) is 16.1. The Labute approximate surface area is 194 Å². The number of fused-ring (bicyclic) bond motifs is 2. The van der Waals surface area contributed by atoms with Crippen molar-refractivity contribution in [3.63, 3.8) is 0 Å². The van der Waals surface area contributed by atoms with Crippen LogP contribution in [-0.2, 0) is 22.6 Å². The molecule has 0 saturated carbocycles. The molecular formula is C28H27N3O2. The number of amides is 2. The zero-order valence-corrected chi connectivity index (χ0v) is 18.7. The zero-order chi connectivity index (χ0) is 22.8. The summed E-state index contributed by atoms with van der Waals surface area (Å²) in [5.41, 5.74) is 6.58. The molecule has 2 heterocycles. The van der Waals surface area contributed by atoms with Gasteiger partial charge in [-0.25, -0.2) is 0 Å². The molecule has 0 fully saturated rings. The Morgan fingerprint density at radius 3 is 2.52 bits per heavy atom. The highest BCUT2D eigenvalue weighted by atomic mass is 16.2. The van der Waals surface area contributed by atoms with Gasteiger partial charge in [-0.3, -0.25) is 9.59 Å². The lowest BCUT2D eigenvalue weighted by molar-refractivity contribution is -0.129. The summed E-state index contributed by atoms with van der Waals surface area (Å²) < 4.78 is 0. The van der Waals surface area contributed by atoms with E-state index in [0.717, 1.165) is 42.0 Å². The largest absolute Gasteiger partial charge is 0.365 e. The molecule has 33 heavy (non-hydrogen) atoms. The van der Waals surface area contributed by atoms with Crippen LogP contribution in [0.3, 0.4) is 0 Å². The average Bonchev–Trinajstić information content (AvgIpc) is 2.84. The van der Waals surface area contributed by atoms with Gasteiger partial charge in [-0.1, -0.05) is 60.7 Å². The molecular weight excluding hydrogens is 410 g/mol. The number of para-hydroxylation sites is 2. The first-order valence-electron chi connectivity index (χ1n) is 11.4. The monoisotopic (exact) mass is 437 g/mol. The SMILES string of the molecule is CC(=O)N1C=Cc2ccccc2[C@H]1CC(=O)Nc1ccccc1N1CCc2ccccc2C1. The fourth-order valence-corrected chi connectivity index (χ4v) is 4.85. The van der Waals surface area contributed by atoms with Crippen LogP contribution in [0.2, 0.25) is 0 Å². The van der Waals surface area contributed by atoms with Crippen LogP contribution in [0.5, 0.6) is 0 Å². The summed E-state index contributed by atoms with van der Waals surface area (Å²) in [6.45, 7) is 3.26. The molecule has 1 N–H and O–H groups in total. The smallest absolute Gasteiger partial charge is 0.226 e. The van der Waals surface area contributed by atoms with Gasteiger partial charge >= 0.3 is 0 Å². The van der Waals surface area contributed by atoms with E-state index in [1.807, 2.05) is 48.5 Å². The number of benzene rings is 3. The van der Waals surface area contributed by atoms with E-state index in [1.54, 1.807) is 11.1 Å². The molecule has 1 atom stereocenters. The Morgan fingerprint density at radius 1 is 0.939 bits per heavy atom. The maximum atomic E-state index is 13.2. The Balaban J connectivity index is 1.36. The maximum absolute atomic E-state index is 13.2. The van der Waals surface area contributed by atoms with Crippen molar-refractivity contribution in [2.24, 2.45) is 0 Å². The quantitative estimate of drug-likeness (QED) is 0.614. The van der Waals surface area contributed by atoms with Crippen molar-refractivity contribution in [3.05, 3.63) is 101 Å². The summed E-state index contributed by atoms with van der Waals surface area (Å²) >= 11 is 0. The van der Waals surface area contributed by atoms with E-state index in [9.17, 15) is 9.59 Å².